The Balaban J connectivity index is 2.36. The summed E-state index contributed by atoms with van der Waals surface area (Å²) in [6, 6.07) is 11.3. The number of sulfonamides is 1. The van der Waals surface area contributed by atoms with E-state index in [-0.39, 0.29) is 5.75 Å². The van der Waals surface area contributed by atoms with Gasteiger partial charge in [-0.25, -0.2) is 8.42 Å². The fourth-order valence-electron chi connectivity index (χ4n) is 2.23. The normalized spacial score (nSPS) is 11.4. The van der Waals surface area contributed by atoms with E-state index in [1.54, 1.807) is 12.4 Å². The maximum absolute atomic E-state index is 12.7. The molecule has 2 aromatic rings. The molecule has 22 heavy (non-hydrogen) atoms. The van der Waals surface area contributed by atoms with E-state index in [1.165, 1.54) is 4.31 Å². The van der Waals surface area contributed by atoms with Gasteiger partial charge in [0.2, 0.25) is 10.0 Å². The first-order valence-corrected chi connectivity index (χ1v) is 9.10. The lowest BCUT2D eigenvalue weighted by molar-refractivity contribution is 0.587. The van der Waals surface area contributed by atoms with E-state index in [0.717, 1.165) is 17.5 Å². The number of anilines is 1. The maximum atomic E-state index is 12.7. The molecule has 0 atom stereocenters. The monoisotopic (exact) mass is 318 g/mol. The van der Waals surface area contributed by atoms with Gasteiger partial charge in [-0.15, -0.1) is 0 Å². The summed E-state index contributed by atoms with van der Waals surface area (Å²) >= 11 is 0. The van der Waals surface area contributed by atoms with Crippen molar-refractivity contribution < 1.29 is 8.42 Å². The fraction of sp³-hybridized carbons (Fsp3) is 0.353. The largest absolute Gasteiger partial charge is 0.266 e. The van der Waals surface area contributed by atoms with Crippen molar-refractivity contribution in [1.29, 1.82) is 0 Å². The molecule has 0 saturated heterocycles. The van der Waals surface area contributed by atoms with Gasteiger partial charge in [0.25, 0.3) is 0 Å². The summed E-state index contributed by atoms with van der Waals surface area (Å²) in [5, 5.41) is 0. The van der Waals surface area contributed by atoms with Crippen LogP contribution in [0.1, 0.15) is 30.9 Å². The molecule has 1 aromatic heterocycles. The van der Waals surface area contributed by atoms with Crippen molar-refractivity contribution in [2.45, 2.75) is 33.2 Å². The van der Waals surface area contributed by atoms with Crippen LogP contribution in [0.5, 0.6) is 0 Å². The van der Waals surface area contributed by atoms with E-state index in [9.17, 15) is 8.42 Å². The smallest absolute Gasteiger partial charge is 0.235 e. The molecule has 2 rings (SSSR count). The highest BCUT2D eigenvalue weighted by Crippen LogP contribution is 2.23. The second-order valence-electron chi connectivity index (χ2n) is 5.38. The molecule has 0 radical (unpaired) electrons. The van der Waals surface area contributed by atoms with Crippen LogP contribution in [0.25, 0.3) is 0 Å². The van der Waals surface area contributed by atoms with E-state index in [2.05, 4.69) is 4.98 Å². The molecule has 0 N–H and O–H groups in total. The first kappa shape index (κ1) is 16.5. The van der Waals surface area contributed by atoms with Gasteiger partial charge in [-0.05, 0) is 42.7 Å². The van der Waals surface area contributed by atoms with Gasteiger partial charge < -0.3 is 0 Å². The predicted octanol–water partition coefficient (Wildman–Crippen LogP) is 3.53. The molecule has 0 bridgehead atoms. The predicted molar refractivity (Wildman–Crippen MR) is 90.3 cm³/mol. The first-order valence-electron chi connectivity index (χ1n) is 7.49. The van der Waals surface area contributed by atoms with Crippen molar-refractivity contribution in [2.24, 2.45) is 0 Å². The van der Waals surface area contributed by atoms with Crippen molar-refractivity contribution in [3.05, 3.63) is 59.9 Å². The molecule has 5 heteroatoms. The van der Waals surface area contributed by atoms with Gasteiger partial charge in [0.15, 0.2) is 0 Å². The molecule has 118 valence electrons. The number of hydrogen-bond acceptors (Lipinski definition) is 3. The molecule has 1 heterocycles. The number of hydrogen-bond donors (Lipinski definition) is 0. The van der Waals surface area contributed by atoms with Crippen LogP contribution < -0.4 is 4.31 Å². The third-order valence-corrected chi connectivity index (χ3v) is 5.25. The highest BCUT2D eigenvalue weighted by Gasteiger charge is 2.22. The molecular weight excluding hydrogens is 296 g/mol. The Labute approximate surface area is 132 Å². The second-order valence-corrected chi connectivity index (χ2v) is 7.39. The van der Waals surface area contributed by atoms with Crippen molar-refractivity contribution in [3.63, 3.8) is 0 Å². The van der Waals surface area contributed by atoms with Gasteiger partial charge in [0.1, 0.15) is 0 Å². The SMILES string of the molecule is CCCCS(=O)(=O)N(Cc1cccnc1)c1cccc(C)c1. The number of aryl methyl sites for hydroxylation is 1. The minimum atomic E-state index is -3.35. The average Bonchev–Trinajstić information content (AvgIpc) is 2.51. The number of rotatable bonds is 7. The number of nitrogens with zero attached hydrogens (tertiary/aromatic N) is 2. The Bertz CT molecular complexity index is 700. The minimum Gasteiger partial charge on any atom is -0.266 e. The third kappa shape index (κ3) is 4.31. The Morgan fingerprint density at radius 3 is 2.64 bits per heavy atom. The third-order valence-electron chi connectivity index (χ3n) is 3.43. The van der Waals surface area contributed by atoms with Gasteiger partial charge in [0.05, 0.1) is 18.0 Å². The molecule has 0 fully saturated rings. The van der Waals surface area contributed by atoms with Gasteiger partial charge in [-0.1, -0.05) is 31.5 Å². The Kier molecular flexibility index (Phi) is 5.55. The van der Waals surface area contributed by atoms with Crippen molar-refractivity contribution >= 4 is 15.7 Å². The van der Waals surface area contributed by atoms with E-state index in [1.807, 2.05) is 50.2 Å². The summed E-state index contributed by atoms with van der Waals surface area (Å²) in [5.41, 5.74) is 2.63. The van der Waals surface area contributed by atoms with Crippen LogP contribution in [0.3, 0.4) is 0 Å². The molecule has 0 aliphatic heterocycles. The number of benzene rings is 1. The zero-order valence-electron chi connectivity index (χ0n) is 13.1. The minimum absolute atomic E-state index is 0.164. The quantitative estimate of drug-likeness (QED) is 0.785. The van der Waals surface area contributed by atoms with Crippen LogP contribution >= 0.6 is 0 Å². The molecule has 0 spiro atoms. The standard InChI is InChI=1S/C17H22N2O2S/c1-3-4-11-22(20,21)19(14-16-8-6-10-18-13-16)17-9-5-7-15(2)12-17/h5-10,12-13H,3-4,11,14H2,1-2H3. The van der Waals surface area contributed by atoms with Crippen LogP contribution in [0, 0.1) is 6.92 Å². The summed E-state index contributed by atoms with van der Waals surface area (Å²) in [6.45, 7) is 4.27. The first-order chi connectivity index (χ1) is 10.5. The second kappa shape index (κ2) is 7.40. The molecule has 4 nitrogen and oxygen atoms in total. The topological polar surface area (TPSA) is 50.3 Å². The Morgan fingerprint density at radius 2 is 2.00 bits per heavy atom. The van der Waals surface area contributed by atoms with E-state index >= 15 is 0 Å². The lowest BCUT2D eigenvalue weighted by Gasteiger charge is -2.25. The van der Waals surface area contributed by atoms with E-state index in [4.69, 9.17) is 0 Å². The van der Waals surface area contributed by atoms with Crippen LogP contribution in [-0.4, -0.2) is 19.2 Å². The zero-order chi connectivity index (χ0) is 16.0. The molecule has 0 amide bonds. The van der Waals surface area contributed by atoms with E-state index in [0.29, 0.717) is 18.7 Å². The summed E-state index contributed by atoms with van der Waals surface area (Å²) < 4.78 is 26.9. The van der Waals surface area contributed by atoms with Gasteiger partial charge >= 0.3 is 0 Å². The van der Waals surface area contributed by atoms with Crippen molar-refractivity contribution in [1.82, 2.24) is 4.98 Å². The van der Waals surface area contributed by atoms with E-state index < -0.39 is 10.0 Å². The van der Waals surface area contributed by atoms with Gasteiger partial charge in [0, 0.05) is 12.4 Å². The van der Waals surface area contributed by atoms with Gasteiger partial charge in [-0.3, -0.25) is 9.29 Å². The number of aromatic nitrogens is 1. The fourth-order valence-corrected chi connectivity index (χ4v) is 3.88. The molecule has 1 aromatic carbocycles. The van der Waals surface area contributed by atoms with Crippen LogP contribution in [0.2, 0.25) is 0 Å². The van der Waals surface area contributed by atoms with Crippen LogP contribution in [0.4, 0.5) is 5.69 Å². The van der Waals surface area contributed by atoms with Crippen molar-refractivity contribution in [2.75, 3.05) is 10.1 Å². The molecule has 0 saturated carbocycles. The van der Waals surface area contributed by atoms with Crippen LogP contribution in [0.15, 0.2) is 48.8 Å². The summed E-state index contributed by atoms with van der Waals surface area (Å²) in [7, 11) is -3.35. The van der Waals surface area contributed by atoms with Crippen LogP contribution in [-0.2, 0) is 16.6 Å². The highest BCUT2D eigenvalue weighted by molar-refractivity contribution is 7.92. The summed E-state index contributed by atoms with van der Waals surface area (Å²) in [5.74, 6) is 0.164. The molecular formula is C17H22N2O2S. The number of pyridine rings is 1. The van der Waals surface area contributed by atoms with Crippen molar-refractivity contribution in [3.8, 4) is 0 Å². The van der Waals surface area contributed by atoms with Gasteiger partial charge in [-0.2, -0.15) is 0 Å². The Hall–Kier alpha value is -1.88. The highest BCUT2D eigenvalue weighted by atomic mass is 32.2. The maximum Gasteiger partial charge on any atom is 0.235 e. The Morgan fingerprint density at radius 1 is 1.18 bits per heavy atom. The summed E-state index contributed by atoms with van der Waals surface area (Å²) in [4.78, 5) is 4.07. The number of unbranched alkanes of at least 4 members (excludes halogenated alkanes) is 1. The molecule has 0 aliphatic rings. The zero-order valence-corrected chi connectivity index (χ0v) is 13.9. The lowest BCUT2D eigenvalue weighted by atomic mass is 10.2. The molecule has 0 unspecified atom stereocenters. The molecule has 0 aliphatic carbocycles. The average molecular weight is 318 g/mol. The lowest BCUT2D eigenvalue weighted by Crippen LogP contribution is -2.32. The summed E-state index contributed by atoms with van der Waals surface area (Å²) in [6.07, 6.45) is 4.91.